The smallest absolute Gasteiger partial charge is 0.309 e. The zero-order valence-corrected chi connectivity index (χ0v) is 14.6. The summed E-state index contributed by atoms with van der Waals surface area (Å²) in [6.07, 6.45) is 1.18. The summed E-state index contributed by atoms with van der Waals surface area (Å²) in [5.74, 6) is -0.687. The van der Waals surface area contributed by atoms with Gasteiger partial charge in [0.05, 0.1) is 12.5 Å². The van der Waals surface area contributed by atoms with Crippen LogP contribution in [0.25, 0.3) is 0 Å². The van der Waals surface area contributed by atoms with Gasteiger partial charge in [0.25, 0.3) is 10.9 Å². The van der Waals surface area contributed by atoms with Crippen molar-refractivity contribution in [1.82, 2.24) is 0 Å². The number of hydrogen-bond donors (Lipinski definition) is 1. The fraction of sp³-hybridized carbons (Fsp3) is 0.421. The molecule has 0 atom stereocenters. The highest BCUT2D eigenvalue weighted by Crippen LogP contribution is 2.27. The number of nitrogens with one attached hydrogen (secondary N) is 1. The Labute approximate surface area is 150 Å². The third-order valence-electron chi connectivity index (χ3n) is 4.70. The number of esters is 1. The number of benzene rings is 1. The first kappa shape index (κ1) is 18.1. The molecule has 0 aliphatic carbocycles. The van der Waals surface area contributed by atoms with E-state index >= 15 is 0 Å². The molecule has 2 aromatic rings. The van der Waals surface area contributed by atoms with Gasteiger partial charge in [-0.05, 0) is 37.5 Å². The van der Waals surface area contributed by atoms with Gasteiger partial charge < -0.3 is 15.0 Å². The van der Waals surface area contributed by atoms with E-state index in [9.17, 15) is 18.8 Å². The number of nitrogens with zero attached hydrogens (tertiary/aromatic N) is 1. The molecule has 3 rings (SSSR count). The highest BCUT2D eigenvalue weighted by molar-refractivity contribution is 5.76. The molecule has 0 aromatic heterocycles. The van der Waals surface area contributed by atoms with E-state index < -0.39 is 10.9 Å². The Morgan fingerprint density at radius 3 is 2.46 bits per heavy atom. The summed E-state index contributed by atoms with van der Waals surface area (Å²) < 4.78 is 18.0. The molecule has 1 N–H and O–H groups in total. The van der Waals surface area contributed by atoms with E-state index in [4.69, 9.17) is 4.74 Å². The Morgan fingerprint density at radius 2 is 1.85 bits per heavy atom. The molecule has 1 fully saturated rings. The predicted molar refractivity (Wildman–Crippen MR) is 96.7 cm³/mol. The van der Waals surface area contributed by atoms with Crippen LogP contribution >= 0.6 is 0 Å². The molecule has 0 saturated carbocycles. The van der Waals surface area contributed by atoms with Gasteiger partial charge in [-0.1, -0.05) is 12.1 Å². The largest absolute Gasteiger partial charge is 0.466 e. The minimum atomic E-state index is -0.533. The monoisotopic (exact) mass is 360 g/mol. The van der Waals surface area contributed by atoms with Crippen molar-refractivity contribution >= 4 is 17.3 Å². The van der Waals surface area contributed by atoms with E-state index in [0.29, 0.717) is 50.5 Å². The summed E-state index contributed by atoms with van der Waals surface area (Å²) in [6, 6.07) is 5.94. The van der Waals surface area contributed by atoms with Gasteiger partial charge in [0.1, 0.15) is 17.2 Å². The van der Waals surface area contributed by atoms with Gasteiger partial charge >= 0.3 is 5.97 Å². The van der Waals surface area contributed by atoms with Gasteiger partial charge in [0.2, 0.25) is 0 Å². The second kappa shape index (κ2) is 7.68. The van der Waals surface area contributed by atoms with Crippen molar-refractivity contribution in [3.8, 4) is 0 Å². The maximum atomic E-state index is 12.9. The summed E-state index contributed by atoms with van der Waals surface area (Å²) in [6.45, 7) is 3.51. The fourth-order valence-corrected chi connectivity index (χ4v) is 3.24. The topological polar surface area (TPSA) is 75.7 Å². The molecule has 0 bridgehead atoms. The number of anilines is 2. The zero-order valence-electron chi connectivity index (χ0n) is 14.6. The molecule has 26 heavy (non-hydrogen) atoms. The van der Waals surface area contributed by atoms with Crippen molar-refractivity contribution in [1.29, 1.82) is 0 Å². The fourth-order valence-electron chi connectivity index (χ4n) is 3.24. The van der Waals surface area contributed by atoms with Crippen LogP contribution in [0.5, 0.6) is 0 Å². The minimum absolute atomic E-state index is 0.159. The van der Waals surface area contributed by atoms with Crippen LogP contribution in [0.15, 0.2) is 33.9 Å². The van der Waals surface area contributed by atoms with Gasteiger partial charge in [-0.3, -0.25) is 14.4 Å². The molecule has 138 valence electrons. The Kier molecular flexibility index (Phi) is 5.35. The first-order chi connectivity index (χ1) is 12.5. The van der Waals surface area contributed by atoms with Crippen LogP contribution in [0.3, 0.4) is 0 Å². The minimum Gasteiger partial charge on any atom is -0.466 e. The molecule has 0 spiro atoms. The quantitative estimate of drug-likeness (QED) is 0.626. The van der Waals surface area contributed by atoms with E-state index in [0.717, 1.165) is 5.56 Å². The molecule has 1 heterocycles. The molecule has 2 aromatic carbocycles. The van der Waals surface area contributed by atoms with E-state index in [1.54, 1.807) is 19.1 Å². The highest BCUT2D eigenvalue weighted by Gasteiger charge is 2.31. The number of hydrogen-bond acceptors (Lipinski definition) is 6. The van der Waals surface area contributed by atoms with Crippen molar-refractivity contribution in [2.75, 3.05) is 29.9 Å². The number of piperidine rings is 1. The highest BCUT2D eigenvalue weighted by atomic mass is 19.1. The molecule has 1 aliphatic heterocycles. The lowest BCUT2D eigenvalue weighted by Crippen LogP contribution is -2.46. The molecule has 7 heteroatoms. The van der Waals surface area contributed by atoms with Crippen molar-refractivity contribution in [3.05, 3.63) is 56.1 Å². The lowest BCUT2D eigenvalue weighted by Gasteiger charge is -2.34. The Morgan fingerprint density at radius 1 is 1.19 bits per heavy atom. The van der Waals surface area contributed by atoms with Crippen LogP contribution in [-0.4, -0.2) is 25.7 Å². The normalized spacial score (nSPS) is 15.2. The summed E-state index contributed by atoms with van der Waals surface area (Å²) in [5, 5.41) is 2.99. The molecule has 1 aliphatic rings. The maximum absolute atomic E-state index is 12.9. The Balaban J connectivity index is 1.64. The molecule has 0 amide bonds. The van der Waals surface area contributed by atoms with Gasteiger partial charge in [-0.15, -0.1) is 0 Å². The van der Waals surface area contributed by atoms with Crippen LogP contribution in [0.4, 0.5) is 15.8 Å². The summed E-state index contributed by atoms with van der Waals surface area (Å²) in [4.78, 5) is 37.6. The van der Waals surface area contributed by atoms with E-state index in [-0.39, 0.29) is 17.7 Å². The molecule has 6 nitrogen and oxygen atoms in total. The number of carbonyl (C=O) groups is 1. The van der Waals surface area contributed by atoms with Crippen molar-refractivity contribution in [2.45, 2.75) is 26.3 Å². The average Bonchev–Trinajstić information content (AvgIpc) is 2.66. The molecular formula is C19H21FN2O4. The lowest BCUT2D eigenvalue weighted by atomic mass is 9.96. The standard InChI is InChI=1S/C19H21FN2O4/c1-2-26-19(25)13-7-9-22(10-8-13)16-15(17(23)18(16)24)21-11-12-3-5-14(20)6-4-12/h3-6,13,21H,2,7-11H2,1H3. The van der Waals surface area contributed by atoms with Gasteiger partial charge in [-0.2, -0.15) is 0 Å². The van der Waals surface area contributed by atoms with Gasteiger partial charge in [0.15, 0.2) is 0 Å². The summed E-state index contributed by atoms with van der Waals surface area (Å²) >= 11 is 0. The van der Waals surface area contributed by atoms with Crippen molar-refractivity contribution in [3.63, 3.8) is 0 Å². The summed E-state index contributed by atoms with van der Waals surface area (Å²) in [7, 11) is 0. The molecule has 0 radical (unpaired) electrons. The third-order valence-corrected chi connectivity index (χ3v) is 4.70. The number of ether oxygens (including phenoxy) is 1. The van der Waals surface area contributed by atoms with Crippen molar-refractivity contribution in [2.24, 2.45) is 5.92 Å². The third kappa shape index (κ3) is 3.61. The first-order valence-electron chi connectivity index (χ1n) is 8.74. The summed E-state index contributed by atoms with van der Waals surface area (Å²) in [5.41, 5.74) is 0.468. The van der Waals surface area contributed by atoms with Crippen LogP contribution in [0, 0.1) is 11.7 Å². The number of carbonyl (C=O) groups excluding carboxylic acids is 1. The predicted octanol–water partition coefficient (Wildman–Crippen LogP) is 1.81. The lowest BCUT2D eigenvalue weighted by molar-refractivity contribution is -0.148. The van der Waals surface area contributed by atoms with Gasteiger partial charge in [0, 0.05) is 19.6 Å². The van der Waals surface area contributed by atoms with E-state index in [2.05, 4.69) is 5.32 Å². The van der Waals surface area contributed by atoms with Crippen LogP contribution in [0.2, 0.25) is 0 Å². The SMILES string of the molecule is CCOC(=O)C1CCN(c2c(NCc3ccc(F)cc3)c(=O)c2=O)CC1. The Bertz CT molecular complexity index is 847. The van der Waals surface area contributed by atoms with Crippen LogP contribution < -0.4 is 21.1 Å². The second-order valence-electron chi connectivity index (χ2n) is 6.38. The maximum Gasteiger partial charge on any atom is 0.309 e. The van der Waals surface area contributed by atoms with Crippen LogP contribution in [-0.2, 0) is 16.1 Å². The average molecular weight is 360 g/mol. The Hall–Kier alpha value is -2.70. The molecule has 1 saturated heterocycles. The molecular weight excluding hydrogens is 339 g/mol. The van der Waals surface area contributed by atoms with E-state index in [1.807, 2.05) is 4.90 Å². The van der Waals surface area contributed by atoms with Gasteiger partial charge in [-0.25, -0.2) is 4.39 Å². The number of rotatable bonds is 6. The first-order valence-corrected chi connectivity index (χ1v) is 8.74. The molecule has 0 unspecified atom stereocenters. The zero-order chi connectivity index (χ0) is 18.7. The second-order valence-corrected chi connectivity index (χ2v) is 6.38. The number of halogens is 1. The van der Waals surface area contributed by atoms with E-state index in [1.165, 1.54) is 12.1 Å². The van der Waals surface area contributed by atoms with Crippen LogP contribution in [0.1, 0.15) is 25.3 Å². The van der Waals surface area contributed by atoms with Crippen molar-refractivity contribution < 1.29 is 13.9 Å².